The van der Waals surface area contributed by atoms with E-state index in [1.54, 1.807) is 0 Å². The van der Waals surface area contributed by atoms with Crippen LogP contribution in [-0.2, 0) is 0 Å². The van der Waals surface area contributed by atoms with E-state index in [4.69, 9.17) is 58.0 Å². The number of hydrogen-bond acceptors (Lipinski definition) is 1. The molecule has 2 aromatic rings. The predicted octanol–water partition coefficient (Wildman–Crippen LogP) is 6.32. The fourth-order valence-corrected chi connectivity index (χ4v) is 2.92. The van der Waals surface area contributed by atoms with Crippen molar-refractivity contribution in [2.75, 3.05) is 0 Å². The van der Waals surface area contributed by atoms with Gasteiger partial charge in [0.15, 0.2) is 5.78 Å². The van der Waals surface area contributed by atoms with Gasteiger partial charge in [0.1, 0.15) is 5.82 Å². The third kappa shape index (κ3) is 2.90. The molecule has 2 rings (SSSR count). The van der Waals surface area contributed by atoms with E-state index in [9.17, 15) is 9.18 Å². The highest BCUT2D eigenvalue weighted by atomic mass is 35.5. The van der Waals surface area contributed by atoms with E-state index < -0.39 is 11.6 Å². The van der Waals surface area contributed by atoms with Crippen molar-refractivity contribution < 1.29 is 9.18 Å². The first-order valence-electron chi connectivity index (χ1n) is 5.15. The number of benzene rings is 2. The molecule has 0 amide bonds. The van der Waals surface area contributed by atoms with Crippen molar-refractivity contribution in [3.8, 4) is 0 Å². The largest absolute Gasteiger partial charge is 0.288 e. The highest BCUT2D eigenvalue weighted by molar-refractivity contribution is 6.51. The summed E-state index contributed by atoms with van der Waals surface area (Å²) in [5, 5.41) is 0.0558. The maximum absolute atomic E-state index is 13.0. The molecule has 0 radical (unpaired) electrons. The molecule has 0 aliphatic heterocycles. The molecule has 0 aliphatic carbocycles. The second kappa shape index (κ2) is 6.08. The molecule has 2 aromatic carbocycles. The van der Waals surface area contributed by atoms with Crippen molar-refractivity contribution in [2.24, 2.45) is 0 Å². The number of hydrogen-bond donors (Lipinski definition) is 0. The van der Waals surface area contributed by atoms with Crippen LogP contribution >= 0.6 is 58.0 Å². The Morgan fingerprint density at radius 2 is 1.50 bits per heavy atom. The first kappa shape index (κ1) is 15.9. The normalized spacial score (nSPS) is 10.7. The number of carbonyl (C=O) groups is 1. The van der Waals surface area contributed by atoms with Crippen molar-refractivity contribution in [1.29, 1.82) is 0 Å². The lowest BCUT2D eigenvalue weighted by Crippen LogP contribution is -2.05. The molecule has 1 nitrogen and oxygen atoms in total. The number of rotatable bonds is 2. The van der Waals surface area contributed by atoms with Gasteiger partial charge < -0.3 is 0 Å². The summed E-state index contributed by atoms with van der Waals surface area (Å²) in [6.07, 6.45) is 0. The summed E-state index contributed by atoms with van der Waals surface area (Å²) in [6, 6.07) is 4.68. The van der Waals surface area contributed by atoms with Gasteiger partial charge in [0.25, 0.3) is 0 Å². The predicted molar refractivity (Wildman–Crippen MR) is 81.3 cm³/mol. The van der Waals surface area contributed by atoms with E-state index in [0.29, 0.717) is 0 Å². The maximum Gasteiger partial charge on any atom is 0.197 e. The van der Waals surface area contributed by atoms with Crippen LogP contribution in [-0.4, -0.2) is 5.78 Å². The summed E-state index contributed by atoms with van der Waals surface area (Å²) >= 11 is 29.5. The molecule has 0 heterocycles. The Kier molecular flexibility index (Phi) is 4.83. The molecular formula is C13H4Cl5FO. The zero-order valence-electron chi connectivity index (χ0n) is 9.49. The SMILES string of the molecule is O=C(c1ccc(F)cc1Cl)c1c(Cl)cc(Cl)c(Cl)c1Cl. The van der Waals surface area contributed by atoms with Crippen LogP contribution in [0.5, 0.6) is 0 Å². The monoisotopic (exact) mass is 370 g/mol. The van der Waals surface area contributed by atoms with Gasteiger partial charge in [-0.25, -0.2) is 4.39 Å². The standard InChI is InChI=1S/C13H4Cl5FO/c14-7-3-5(19)1-2-6(7)13(20)10-8(15)4-9(16)11(17)12(10)18/h1-4H. The van der Waals surface area contributed by atoms with E-state index in [1.165, 1.54) is 12.1 Å². The van der Waals surface area contributed by atoms with Gasteiger partial charge in [-0.1, -0.05) is 58.0 Å². The highest BCUT2D eigenvalue weighted by Crippen LogP contribution is 2.39. The topological polar surface area (TPSA) is 17.1 Å². The quantitative estimate of drug-likeness (QED) is 0.342. The van der Waals surface area contributed by atoms with E-state index >= 15 is 0 Å². The van der Waals surface area contributed by atoms with Gasteiger partial charge in [-0.15, -0.1) is 0 Å². The van der Waals surface area contributed by atoms with Crippen molar-refractivity contribution >= 4 is 63.8 Å². The molecule has 0 fully saturated rings. The van der Waals surface area contributed by atoms with Gasteiger partial charge in [0.2, 0.25) is 0 Å². The van der Waals surface area contributed by atoms with Crippen LogP contribution < -0.4 is 0 Å². The molecule has 0 saturated carbocycles. The molecule has 20 heavy (non-hydrogen) atoms. The zero-order valence-corrected chi connectivity index (χ0v) is 13.3. The van der Waals surface area contributed by atoms with Crippen LogP contribution in [0.2, 0.25) is 25.1 Å². The van der Waals surface area contributed by atoms with Crippen molar-refractivity contribution in [2.45, 2.75) is 0 Å². The molecule has 0 aliphatic rings. The summed E-state index contributed by atoms with van der Waals surface area (Å²) in [6.45, 7) is 0. The second-order valence-corrected chi connectivity index (χ2v) is 5.77. The summed E-state index contributed by atoms with van der Waals surface area (Å²) in [4.78, 5) is 12.4. The molecule has 104 valence electrons. The minimum Gasteiger partial charge on any atom is -0.288 e. The van der Waals surface area contributed by atoms with E-state index in [-0.39, 0.29) is 36.2 Å². The third-order valence-electron chi connectivity index (χ3n) is 2.52. The van der Waals surface area contributed by atoms with Crippen LogP contribution in [0, 0.1) is 5.82 Å². The number of ketones is 1. The molecular weight excluding hydrogens is 368 g/mol. The van der Waals surface area contributed by atoms with Crippen molar-refractivity contribution in [3.05, 3.63) is 66.3 Å². The minimum atomic E-state index is -0.566. The Morgan fingerprint density at radius 1 is 0.850 bits per heavy atom. The van der Waals surface area contributed by atoms with E-state index in [2.05, 4.69) is 0 Å². The molecule has 0 unspecified atom stereocenters. The second-order valence-electron chi connectivity index (χ2n) is 3.80. The van der Waals surface area contributed by atoms with Crippen LogP contribution in [0.3, 0.4) is 0 Å². The lowest BCUT2D eigenvalue weighted by Gasteiger charge is -2.10. The van der Waals surface area contributed by atoms with Gasteiger partial charge in [0, 0.05) is 5.56 Å². The van der Waals surface area contributed by atoms with Gasteiger partial charge in [-0.2, -0.15) is 0 Å². The Labute approximate surface area is 139 Å². The summed E-state index contributed by atoms with van der Waals surface area (Å²) in [5.41, 5.74) is 0.0338. The van der Waals surface area contributed by atoms with Gasteiger partial charge in [-0.3, -0.25) is 4.79 Å². The van der Waals surface area contributed by atoms with Gasteiger partial charge >= 0.3 is 0 Å². The first-order valence-corrected chi connectivity index (χ1v) is 7.04. The Bertz CT molecular complexity index is 714. The summed E-state index contributed by atoms with van der Waals surface area (Å²) in [7, 11) is 0. The van der Waals surface area contributed by atoms with Gasteiger partial charge in [-0.05, 0) is 24.3 Å². The van der Waals surface area contributed by atoms with E-state index in [1.807, 2.05) is 0 Å². The Morgan fingerprint density at radius 3 is 2.10 bits per heavy atom. The Balaban J connectivity index is 2.63. The average molecular weight is 372 g/mol. The number of halogens is 6. The first-order chi connectivity index (χ1) is 9.32. The lowest BCUT2D eigenvalue weighted by molar-refractivity contribution is 0.103. The maximum atomic E-state index is 13.0. The minimum absolute atomic E-state index is 0.0133. The van der Waals surface area contributed by atoms with Gasteiger partial charge in [0.05, 0.1) is 30.7 Å². The van der Waals surface area contributed by atoms with Crippen molar-refractivity contribution in [3.63, 3.8) is 0 Å². The number of carbonyl (C=O) groups excluding carboxylic acids is 1. The fraction of sp³-hybridized carbons (Fsp3) is 0. The highest BCUT2D eigenvalue weighted by Gasteiger charge is 2.22. The lowest BCUT2D eigenvalue weighted by atomic mass is 10.0. The molecule has 0 bridgehead atoms. The van der Waals surface area contributed by atoms with Crippen LogP contribution in [0.1, 0.15) is 15.9 Å². The fourth-order valence-electron chi connectivity index (χ4n) is 1.58. The van der Waals surface area contributed by atoms with Crippen LogP contribution in [0.15, 0.2) is 24.3 Å². The summed E-state index contributed by atoms with van der Waals surface area (Å²) in [5.74, 6) is -1.12. The third-order valence-corrected chi connectivity index (χ3v) is 4.39. The molecule has 0 aromatic heterocycles. The smallest absolute Gasteiger partial charge is 0.197 e. The molecule has 0 N–H and O–H groups in total. The van der Waals surface area contributed by atoms with Crippen LogP contribution in [0.25, 0.3) is 0 Å². The summed E-state index contributed by atoms with van der Waals surface area (Å²) < 4.78 is 13.0. The molecule has 0 spiro atoms. The molecule has 0 saturated heterocycles. The molecule has 7 heteroatoms. The molecule has 0 atom stereocenters. The average Bonchev–Trinajstić information content (AvgIpc) is 2.36. The van der Waals surface area contributed by atoms with Crippen LogP contribution in [0.4, 0.5) is 4.39 Å². The van der Waals surface area contributed by atoms with E-state index in [0.717, 1.165) is 12.1 Å². The zero-order chi connectivity index (χ0) is 15.0. The van der Waals surface area contributed by atoms with Crippen molar-refractivity contribution in [1.82, 2.24) is 0 Å². The Hall–Kier alpha value is -0.510.